The van der Waals surface area contributed by atoms with Crippen LogP contribution >= 0.6 is 0 Å². The van der Waals surface area contributed by atoms with Gasteiger partial charge in [0.2, 0.25) is 5.91 Å². The summed E-state index contributed by atoms with van der Waals surface area (Å²) in [5.41, 5.74) is 5.05. The Kier molecular flexibility index (Phi) is 6.31. The van der Waals surface area contributed by atoms with Gasteiger partial charge in [0, 0.05) is 25.0 Å². The molecule has 0 bridgehead atoms. The highest BCUT2D eigenvalue weighted by Crippen LogP contribution is 2.33. The van der Waals surface area contributed by atoms with Gasteiger partial charge in [0.15, 0.2) is 0 Å². The maximum Gasteiger partial charge on any atom is 0.303 e. The SMILES string of the molecule is COc1ccc(C2=C[C@@H](c3cccc([N+](=O)[O-])c3)N(C(=O)CCCC(=O)O)N2)cc1. The van der Waals surface area contributed by atoms with E-state index in [-0.39, 0.29) is 30.9 Å². The van der Waals surface area contributed by atoms with Crippen molar-refractivity contribution in [2.24, 2.45) is 0 Å². The van der Waals surface area contributed by atoms with Gasteiger partial charge < -0.3 is 9.84 Å². The monoisotopic (exact) mass is 411 g/mol. The van der Waals surface area contributed by atoms with Gasteiger partial charge in [-0.15, -0.1) is 0 Å². The smallest absolute Gasteiger partial charge is 0.303 e. The summed E-state index contributed by atoms with van der Waals surface area (Å²) in [5, 5.41) is 21.4. The summed E-state index contributed by atoms with van der Waals surface area (Å²) < 4.78 is 5.16. The van der Waals surface area contributed by atoms with Crippen molar-refractivity contribution in [2.75, 3.05) is 7.11 Å². The van der Waals surface area contributed by atoms with Crippen LogP contribution in [0.25, 0.3) is 5.70 Å². The molecule has 2 N–H and O–H groups in total. The van der Waals surface area contributed by atoms with Crippen molar-refractivity contribution in [3.8, 4) is 5.75 Å². The number of hydrogen-bond donors (Lipinski definition) is 2. The van der Waals surface area contributed by atoms with Gasteiger partial charge in [-0.25, -0.2) is 5.01 Å². The number of rotatable bonds is 8. The number of benzene rings is 2. The molecular weight excluding hydrogens is 390 g/mol. The van der Waals surface area contributed by atoms with Crippen LogP contribution < -0.4 is 10.2 Å². The zero-order valence-corrected chi connectivity index (χ0v) is 16.3. The number of carboxylic acid groups (broad SMARTS) is 1. The number of carboxylic acids is 1. The fourth-order valence-electron chi connectivity index (χ4n) is 3.20. The number of carbonyl (C=O) groups is 2. The van der Waals surface area contributed by atoms with Crippen molar-refractivity contribution >= 4 is 23.3 Å². The molecule has 1 aliphatic heterocycles. The molecular formula is C21H21N3O6. The van der Waals surface area contributed by atoms with E-state index >= 15 is 0 Å². The van der Waals surface area contributed by atoms with E-state index in [9.17, 15) is 19.7 Å². The zero-order valence-electron chi connectivity index (χ0n) is 16.3. The molecule has 3 rings (SSSR count). The molecule has 0 saturated carbocycles. The minimum Gasteiger partial charge on any atom is -0.497 e. The van der Waals surface area contributed by atoms with Gasteiger partial charge in [-0.05, 0) is 47.9 Å². The first kappa shape index (κ1) is 20.8. The van der Waals surface area contributed by atoms with Crippen LogP contribution in [0.3, 0.4) is 0 Å². The quantitative estimate of drug-likeness (QED) is 0.505. The van der Waals surface area contributed by atoms with E-state index in [1.54, 1.807) is 31.4 Å². The summed E-state index contributed by atoms with van der Waals surface area (Å²) in [5.74, 6) is -0.578. The van der Waals surface area contributed by atoms with Crippen molar-refractivity contribution in [3.05, 3.63) is 75.8 Å². The van der Waals surface area contributed by atoms with E-state index in [0.29, 0.717) is 17.0 Å². The molecule has 30 heavy (non-hydrogen) atoms. The minimum atomic E-state index is -0.968. The average Bonchev–Trinajstić information content (AvgIpc) is 3.19. The Hall–Kier alpha value is -3.88. The number of methoxy groups -OCH3 is 1. The summed E-state index contributed by atoms with van der Waals surface area (Å²) in [4.78, 5) is 34.2. The third-order valence-electron chi connectivity index (χ3n) is 4.72. The van der Waals surface area contributed by atoms with Crippen LogP contribution in [0.15, 0.2) is 54.6 Å². The Morgan fingerprint density at radius 3 is 2.57 bits per heavy atom. The van der Waals surface area contributed by atoms with E-state index in [4.69, 9.17) is 9.84 Å². The first-order chi connectivity index (χ1) is 14.4. The number of nitrogens with zero attached hydrogens (tertiary/aromatic N) is 2. The lowest BCUT2D eigenvalue weighted by Crippen LogP contribution is -2.39. The van der Waals surface area contributed by atoms with Crippen LogP contribution in [0.4, 0.5) is 5.69 Å². The Bertz CT molecular complexity index is 986. The van der Waals surface area contributed by atoms with Crippen LogP contribution in [0, 0.1) is 10.1 Å². The normalized spacial score (nSPS) is 15.3. The number of carbonyl (C=O) groups excluding carboxylic acids is 1. The first-order valence-corrected chi connectivity index (χ1v) is 9.30. The minimum absolute atomic E-state index is 0.0362. The number of nitro groups is 1. The van der Waals surface area contributed by atoms with Gasteiger partial charge in [-0.1, -0.05) is 12.1 Å². The molecule has 0 aromatic heterocycles. The Balaban J connectivity index is 1.90. The predicted octanol–water partition coefficient (Wildman–Crippen LogP) is 3.29. The maximum atomic E-state index is 12.8. The highest BCUT2D eigenvalue weighted by Gasteiger charge is 2.31. The number of non-ortho nitro benzene ring substituents is 1. The van der Waals surface area contributed by atoms with Gasteiger partial charge >= 0.3 is 5.97 Å². The molecule has 9 nitrogen and oxygen atoms in total. The lowest BCUT2D eigenvalue weighted by Gasteiger charge is -2.25. The number of nitrogens with one attached hydrogen (secondary N) is 1. The molecule has 9 heteroatoms. The zero-order chi connectivity index (χ0) is 21.7. The molecule has 0 unspecified atom stereocenters. The van der Waals surface area contributed by atoms with Crippen molar-refractivity contribution in [3.63, 3.8) is 0 Å². The van der Waals surface area contributed by atoms with Gasteiger partial charge in [0.1, 0.15) is 5.75 Å². The maximum absolute atomic E-state index is 12.8. The standard InChI is InChI=1S/C21H21N3O6/c1-30-17-10-8-14(9-11-17)18-13-19(15-4-2-5-16(12-15)24(28)29)23(22-18)20(25)6-3-7-21(26)27/h2,4-5,8-13,19,22H,3,6-7H2,1H3,(H,26,27)/t19-/m0/s1. The predicted molar refractivity (Wildman–Crippen MR) is 108 cm³/mol. The fourth-order valence-corrected chi connectivity index (χ4v) is 3.20. The molecule has 0 saturated heterocycles. The van der Waals surface area contributed by atoms with Crippen molar-refractivity contribution < 1.29 is 24.4 Å². The average molecular weight is 411 g/mol. The van der Waals surface area contributed by atoms with Gasteiger partial charge in [0.25, 0.3) is 5.69 Å². The van der Waals surface area contributed by atoms with Gasteiger partial charge in [-0.2, -0.15) is 0 Å². The molecule has 156 valence electrons. The van der Waals surface area contributed by atoms with Crippen molar-refractivity contribution in [2.45, 2.75) is 25.3 Å². The molecule has 1 amide bonds. The highest BCUT2D eigenvalue weighted by atomic mass is 16.6. The summed E-state index contributed by atoms with van der Waals surface area (Å²) in [6.45, 7) is 0. The number of aliphatic carboxylic acids is 1. The molecule has 0 aliphatic carbocycles. The third kappa shape index (κ3) is 4.75. The molecule has 2 aromatic carbocycles. The molecule has 0 fully saturated rings. The van der Waals surface area contributed by atoms with Crippen LogP contribution in [-0.2, 0) is 9.59 Å². The van der Waals surface area contributed by atoms with E-state index < -0.39 is 16.9 Å². The number of ether oxygens (including phenoxy) is 1. The Morgan fingerprint density at radius 1 is 1.20 bits per heavy atom. The largest absolute Gasteiger partial charge is 0.497 e. The number of hydrazine groups is 1. The second-order valence-corrected chi connectivity index (χ2v) is 6.73. The van der Waals surface area contributed by atoms with Gasteiger partial charge in [0.05, 0.1) is 23.8 Å². The molecule has 0 spiro atoms. The molecule has 1 aliphatic rings. The molecule has 2 aromatic rings. The third-order valence-corrected chi connectivity index (χ3v) is 4.72. The summed E-state index contributed by atoms with van der Waals surface area (Å²) in [6, 6.07) is 12.8. The van der Waals surface area contributed by atoms with Crippen molar-refractivity contribution in [1.29, 1.82) is 0 Å². The number of amides is 1. The van der Waals surface area contributed by atoms with E-state index in [1.165, 1.54) is 17.1 Å². The fraction of sp³-hybridized carbons (Fsp3) is 0.238. The Labute approximate surface area is 172 Å². The van der Waals surface area contributed by atoms with E-state index in [0.717, 1.165) is 5.56 Å². The van der Waals surface area contributed by atoms with Crippen molar-refractivity contribution in [1.82, 2.24) is 10.4 Å². The lowest BCUT2D eigenvalue weighted by atomic mass is 10.0. The summed E-state index contributed by atoms with van der Waals surface area (Å²) >= 11 is 0. The summed E-state index contributed by atoms with van der Waals surface area (Å²) in [7, 11) is 1.57. The highest BCUT2D eigenvalue weighted by molar-refractivity contribution is 5.81. The lowest BCUT2D eigenvalue weighted by molar-refractivity contribution is -0.384. The van der Waals surface area contributed by atoms with Crippen LogP contribution in [0.1, 0.15) is 36.4 Å². The molecule has 1 atom stereocenters. The number of hydrogen-bond acceptors (Lipinski definition) is 6. The van der Waals surface area contributed by atoms with Crippen LogP contribution in [0.2, 0.25) is 0 Å². The second kappa shape index (κ2) is 9.08. The van der Waals surface area contributed by atoms with Crippen LogP contribution in [-0.4, -0.2) is 34.0 Å². The second-order valence-electron chi connectivity index (χ2n) is 6.73. The van der Waals surface area contributed by atoms with Crippen LogP contribution in [0.5, 0.6) is 5.75 Å². The summed E-state index contributed by atoms with van der Waals surface area (Å²) in [6.07, 6.45) is 1.94. The van der Waals surface area contributed by atoms with E-state index in [2.05, 4.69) is 5.43 Å². The Morgan fingerprint density at radius 2 is 1.93 bits per heavy atom. The first-order valence-electron chi connectivity index (χ1n) is 9.30. The van der Waals surface area contributed by atoms with E-state index in [1.807, 2.05) is 18.2 Å². The molecule has 1 heterocycles. The topological polar surface area (TPSA) is 122 Å². The van der Waals surface area contributed by atoms with Gasteiger partial charge in [-0.3, -0.25) is 25.1 Å². The molecule has 0 radical (unpaired) electrons. The number of nitro benzene ring substituents is 1.